The number of nitrogens with one attached hydrogen (secondary N) is 2. The molecule has 5 aromatic rings. The molecule has 0 aliphatic heterocycles. The quantitative estimate of drug-likeness (QED) is 0.118. The van der Waals surface area contributed by atoms with Gasteiger partial charge < -0.3 is 30.0 Å². The van der Waals surface area contributed by atoms with Gasteiger partial charge in [0.15, 0.2) is 0 Å². The Morgan fingerprint density at radius 1 is 0.614 bits per heavy atom. The summed E-state index contributed by atoms with van der Waals surface area (Å²) in [5.74, 6) is -0.576. The first-order valence-corrected chi connectivity index (χ1v) is 14.1. The predicted octanol–water partition coefficient (Wildman–Crippen LogP) is 8.21. The summed E-state index contributed by atoms with van der Waals surface area (Å²) in [6.07, 6.45) is 0. The highest BCUT2D eigenvalue weighted by molar-refractivity contribution is 6.05. The molecule has 0 amide bonds. The van der Waals surface area contributed by atoms with E-state index >= 15 is 0 Å². The molecule has 222 valence electrons. The molecule has 0 fully saturated rings. The van der Waals surface area contributed by atoms with Gasteiger partial charge in [0.1, 0.15) is 24.7 Å². The molecular weight excluding hydrogens is 556 g/mol. The average Bonchev–Trinajstić information content (AvgIpc) is 3.05. The van der Waals surface area contributed by atoms with Crippen molar-refractivity contribution in [3.63, 3.8) is 0 Å². The monoisotopic (exact) mass is 588 g/mol. The van der Waals surface area contributed by atoms with Crippen LogP contribution in [-0.2, 0) is 18.0 Å². The molecule has 0 aromatic heterocycles. The standard InChI is InChI=1S/C36H32N2O6/c1-2-42-36(41)32-22-34(38-28-15-19-30(20-16-28)44-24-26-11-7-4-8-12-26)33(21-31(32)35(39)40)37-27-13-17-29(18-14-27)43-23-25-9-5-3-6-10-25/h3-22,37-38H,2,23-24H2,1H3,(H,39,40). The van der Waals surface area contributed by atoms with Gasteiger partial charge in [0.05, 0.1) is 29.1 Å². The lowest BCUT2D eigenvalue weighted by Crippen LogP contribution is -2.13. The van der Waals surface area contributed by atoms with Crippen molar-refractivity contribution in [2.75, 3.05) is 17.2 Å². The van der Waals surface area contributed by atoms with Crippen molar-refractivity contribution in [3.8, 4) is 11.5 Å². The third-order valence-corrected chi connectivity index (χ3v) is 6.65. The van der Waals surface area contributed by atoms with E-state index < -0.39 is 11.9 Å². The first kappa shape index (κ1) is 29.7. The Kier molecular flexibility index (Phi) is 9.74. The highest BCUT2D eigenvalue weighted by Gasteiger charge is 2.21. The Morgan fingerprint density at radius 3 is 1.45 bits per heavy atom. The second-order valence-electron chi connectivity index (χ2n) is 9.82. The number of aromatic carboxylic acids is 1. The number of hydrogen-bond donors (Lipinski definition) is 3. The number of esters is 1. The van der Waals surface area contributed by atoms with Gasteiger partial charge in [-0.2, -0.15) is 0 Å². The van der Waals surface area contributed by atoms with Crippen LogP contribution in [0.5, 0.6) is 11.5 Å². The summed E-state index contributed by atoms with van der Waals surface area (Å²) >= 11 is 0. The Bertz CT molecular complexity index is 1690. The maximum absolute atomic E-state index is 12.7. The molecule has 44 heavy (non-hydrogen) atoms. The van der Waals surface area contributed by atoms with E-state index in [0.29, 0.717) is 47.5 Å². The molecular formula is C36H32N2O6. The summed E-state index contributed by atoms with van der Waals surface area (Å²) in [6.45, 7) is 2.66. The Labute approximate surface area is 255 Å². The lowest BCUT2D eigenvalue weighted by Gasteiger charge is -2.18. The molecule has 0 heterocycles. The normalized spacial score (nSPS) is 10.5. The lowest BCUT2D eigenvalue weighted by atomic mass is 10.0. The highest BCUT2D eigenvalue weighted by Crippen LogP contribution is 2.33. The van der Waals surface area contributed by atoms with Crippen molar-refractivity contribution in [2.45, 2.75) is 20.1 Å². The van der Waals surface area contributed by atoms with E-state index in [2.05, 4.69) is 10.6 Å². The van der Waals surface area contributed by atoms with E-state index in [-0.39, 0.29) is 17.7 Å². The van der Waals surface area contributed by atoms with E-state index in [1.807, 2.05) is 109 Å². The summed E-state index contributed by atoms with van der Waals surface area (Å²) in [5, 5.41) is 16.5. The van der Waals surface area contributed by atoms with E-state index in [9.17, 15) is 14.7 Å². The summed E-state index contributed by atoms with van der Waals surface area (Å²) in [4.78, 5) is 24.9. The van der Waals surface area contributed by atoms with Gasteiger partial charge in [0, 0.05) is 11.4 Å². The molecule has 0 aliphatic rings. The number of carboxylic acids is 1. The average molecular weight is 589 g/mol. The zero-order valence-corrected chi connectivity index (χ0v) is 24.2. The van der Waals surface area contributed by atoms with E-state index in [1.165, 1.54) is 12.1 Å². The summed E-state index contributed by atoms with van der Waals surface area (Å²) in [7, 11) is 0. The largest absolute Gasteiger partial charge is 0.489 e. The molecule has 0 saturated carbocycles. The van der Waals surface area contributed by atoms with Gasteiger partial charge in [0.2, 0.25) is 0 Å². The Hall–Kier alpha value is -5.76. The molecule has 0 radical (unpaired) electrons. The van der Waals surface area contributed by atoms with Gasteiger partial charge >= 0.3 is 11.9 Å². The molecule has 0 unspecified atom stereocenters. The van der Waals surface area contributed by atoms with Gasteiger partial charge in [-0.15, -0.1) is 0 Å². The summed E-state index contributed by atoms with van der Waals surface area (Å²) < 4.78 is 16.9. The van der Waals surface area contributed by atoms with Crippen molar-refractivity contribution in [2.24, 2.45) is 0 Å². The number of hydrogen-bond acceptors (Lipinski definition) is 7. The first-order valence-electron chi connectivity index (χ1n) is 14.1. The van der Waals surface area contributed by atoms with Crippen LogP contribution >= 0.6 is 0 Å². The van der Waals surface area contributed by atoms with E-state index in [0.717, 1.165) is 11.1 Å². The molecule has 0 saturated heterocycles. The molecule has 0 spiro atoms. The first-order chi connectivity index (χ1) is 21.5. The maximum atomic E-state index is 12.7. The minimum Gasteiger partial charge on any atom is -0.489 e. The topological polar surface area (TPSA) is 106 Å². The van der Waals surface area contributed by atoms with Crippen LogP contribution in [0.25, 0.3) is 0 Å². The van der Waals surface area contributed by atoms with Crippen LogP contribution in [0.15, 0.2) is 121 Å². The maximum Gasteiger partial charge on any atom is 0.339 e. The van der Waals surface area contributed by atoms with Gasteiger partial charge in [-0.25, -0.2) is 9.59 Å². The fourth-order valence-electron chi connectivity index (χ4n) is 4.42. The molecule has 5 rings (SSSR count). The van der Waals surface area contributed by atoms with Gasteiger partial charge in [0.25, 0.3) is 0 Å². The summed E-state index contributed by atoms with van der Waals surface area (Å²) in [5.41, 5.74) is 4.24. The molecule has 0 aliphatic carbocycles. The van der Waals surface area contributed by atoms with Crippen LogP contribution in [-0.4, -0.2) is 23.7 Å². The molecule has 8 heteroatoms. The zero-order valence-electron chi connectivity index (χ0n) is 24.2. The second-order valence-corrected chi connectivity index (χ2v) is 9.82. The number of carbonyl (C=O) groups excluding carboxylic acids is 1. The zero-order chi connectivity index (χ0) is 30.7. The van der Waals surface area contributed by atoms with Gasteiger partial charge in [-0.3, -0.25) is 0 Å². The van der Waals surface area contributed by atoms with Crippen molar-refractivity contribution in [1.82, 2.24) is 0 Å². The van der Waals surface area contributed by atoms with Crippen molar-refractivity contribution < 1.29 is 28.9 Å². The molecule has 0 bridgehead atoms. The second kappa shape index (κ2) is 14.4. The number of anilines is 4. The lowest BCUT2D eigenvalue weighted by molar-refractivity contribution is 0.0514. The molecule has 5 aromatic carbocycles. The fourth-order valence-corrected chi connectivity index (χ4v) is 4.42. The van der Waals surface area contributed by atoms with Crippen molar-refractivity contribution >= 4 is 34.7 Å². The van der Waals surface area contributed by atoms with Gasteiger partial charge in [-0.05, 0) is 78.7 Å². The smallest absolute Gasteiger partial charge is 0.339 e. The third-order valence-electron chi connectivity index (χ3n) is 6.65. The van der Waals surface area contributed by atoms with Crippen molar-refractivity contribution in [3.05, 3.63) is 144 Å². The number of carbonyl (C=O) groups is 2. The number of carboxylic acid groups (broad SMARTS) is 1. The van der Waals surface area contributed by atoms with E-state index in [4.69, 9.17) is 14.2 Å². The number of rotatable bonds is 13. The molecule has 0 atom stereocenters. The fraction of sp³-hybridized carbons (Fsp3) is 0.111. The van der Waals surface area contributed by atoms with Gasteiger partial charge in [-0.1, -0.05) is 60.7 Å². The third kappa shape index (κ3) is 7.95. The van der Waals surface area contributed by atoms with Crippen LogP contribution < -0.4 is 20.1 Å². The Morgan fingerprint density at radius 2 is 1.05 bits per heavy atom. The van der Waals surface area contributed by atoms with E-state index in [1.54, 1.807) is 6.92 Å². The van der Waals surface area contributed by atoms with Crippen LogP contribution in [0.3, 0.4) is 0 Å². The summed E-state index contributed by atoms with van der Waals surface area (Å²) in [6, 6.07) is 37.4. The van der Waals surface area contributed by atoms with Crippen molar-refractivity contribution in [1.29, 1.82) is 0 Å². The molecule has 8 nitrogen and oxygen atoms in total. The van der Waals surface area contributed by atoms with Crippen LogP contribution in [0.4, 0.5) is 22.7 Å². The van der Waals surface area contributed by atoms with Crippen LogP contribution in [0.2, 0.25) is 0 Å². The minimum atomic E-state index is -1.24. The number of ether oxygens (including phenoxy) is 3. The number of benzene rings is 5. The molecule has 3 N–H and O–H groups in total. The minimum absolute atomic E-state index is 0.0557. The Balaban J connectivity index is 1.37. The SMILES string of the molecule is CCOC(=O)c1cc(Nc2ccc(OCc3ccccc3)cc2)c(Nc2ccc(OCc3ccccc3)cc2)cc1C(=O)O. The highest BCUT2D eigenvalue weighted by atomic mass is 16.5. The van der Waals surface area contributed by atoms with Crippen LogP contribution in [0, 0.1) is 0 Å². The van der Waals surface area contributed by atoms with Crippen LogP contribution in [0.1, 0.15) is 38.8 Å². The predicted molar refractivity (Wildman–Crippen MR) is 170 cm³/mol.